The highest BCUT2D eigenvalue weighted by Gasteiger charge is 2.11. The van der Waals surface area contributed by atoms with Crippen molar-refractivity contribution in [3.63, 3.8) is 0 Å². The fraction of sp³-hybridized carbons (Fsp3) is 0.583. The molecule has 0 aliphatic rings. The Morgan fingerprint density at radius 1 is 1.56 bits per heavy atom. The fourth-order valence-electron chi connectivity index (χ4n) is 1.52. The molecule has 0 saturated carbocycles. The summed E-state index contributed by atoms with van der Waals surface area (Å²) in [6.45, 7) is 4.85. The maximum absolute atomic E-state index is 11.7. The molecule has 0 aliphatic carbocycles. The monoisotopic (exact) mass is 241 g/mol. The number of hydrogen-bond acceptors (Lipinski definition) is 3. The summed E-state index contributed by atoms with van der Waals surface area (Å²) in [5.41, 5.74) is 1.28. The number of carbonyl (C=O) groups excluding carboxylic acids is 1. The van der Waals surface area contributed by atoms with Crippen LogP contribution in [0.5, 0.6) is 0 Å². The molecule has 4 heteroatoms. The Balaban J connectivity index is 2.58. The van der Waals surface area contributed by atoms with Crippen molar-refractivity contribution in [1.29, 1.82) is 0 Å². The van der Waals surface area contributed by atoms with Crippen LogP contribution in [0, 0.1) is 6.92 Å². The molecule has 90 valence electrons. The lowest BCUT2D eigenvalue weighted by Crippen LogP contribution is -2.24. The van der Waals surface area contributed by atoms with Crippen molar-refractivity contribution in [3.05, 3.63) is 21.4 Å². The molecule has 1 aromatic rings. The van der Waals surface area contributed by atoms with Crippen LogP contribution in [0.25, 0.3) is 0 Å². The first-order valence-electron chi connectivity index (χ1n) is 5.67. The van der Waals surface area contributed by atoms with E-state index < -0.39 is 0 Å². The number of aryl methyl sites for hydroxylation is 2. The van der Waals surface area contributed by atoms with Crippen LogP contribution in [0.3, 0.4) is 0 Å². The molecule has 1 heterocycles. The van der Waals surface area contributed by atoms with Gasteiger partial charge in [0.2, 0.25) is 0 Å². The van der Waals surface area contributed by atoms with Gasteiger partial charge in [0.05, 0.1) is 4.88 Å². The molecule has 1 rings (SSSR count). The molecule has 0 aliphatic heterocycles. The summed E-state index contributed by atoms with van der Waals surface area (Å²) in [4.78, 5) is 13.7. The van der Waals surface area contributed by atoms with Gasteiger partial charge in [0.15, 0.2) is 0 Å². The Kier molecular flexibility index (Phi) is 5.49. The van der Waals surface area contributed by atoms with E-state index >= 15 is 0 Å². The summed E-state index contributed by atoms with van der Waals surface area (Å²) < 4.78 is 0. The lowest BCUT2D eigenvalue weighted by Gasteiger charge is -2.00. The van der Waals surface area contributed by atoms with Crippen LogP contribution in [-0.4, -0.2) is 24.2 Å². The van der Waals surface area contributed by atoms with Crippen molar-refractivity contribution < 1.29 is 9.90 Å². The summed E-state index contributed by atoms with van der Waals surface area (Å²) in [5.74, 6) is -0.0242. The molecule has 3 nitrogen and oxygen atoms in total. The van der Waals surface area contributed by atoms with Crippen molar-refractivity contribution >= 4 is 17.2 Å². The maximum Gasteiger partial charge on any atom is 0.261 e. The van der Waals surface area contributed by atoms with Gasteiger partial charge in [0, 0.05) is 18.0 Å². The van der Waals surface area contributed by atoms with Gasteiger partial charge in [-0.3, -0.25) is 4.79 Å². The van der Waals surface area contributed by atoms with Gasteiger partial charge in [0.1, 0.15) is 0 Å². The van der Waals surface area contributed by atoms with Gasteiger partial charge in [-0.25, -0.2) is 0 Å². The van der Waals surface area contributed by atoms with Gasteiger partial charge in [0.25, 0.3) is 5.91 Å². The first kappa shape index (κ1) is 13.2. The van der Waals surface area contributed by atoms with E-state index in [4.69, 9.17) is 5.11 Å². The number of amides is 1. The van der Waals surface area contributed by atoms with E-state index in [-0.39, 0.29) is 12.5 Å². The predicted octanol–water partition coefficient (Wildman–Crippen LogP) is 2.12. The summed E-state index contributed by atoms with van der Waals surface area (Å²) >= 11 is 1.55. The molecule has 0 unspecified atom stereocenters. The van der Waals surface area contributed by atoms with Crippen molar-refractivity contribution in [2.75, 3.05) is 13.2 Å². The number of aliphatic hydroxyl groups excluding tert-OH is 1. The van der Waals surface area contributed by atoms with Crippen LogP contribution >= 0.6 is 11.3 Å². The molecule has 0 fully saturated rings. The van der Waals surface area contributed by atoms with Crippen molar-refractivity contribution in [1.82, 2.24) is 5.32 Å². The second-order valence-corrected chi connectivity index (χ2v) is 5.03. The van der Waals surface area contributed by atoms with Gasteiger partial charge in [-0.15, -0.1) is 11.3 Å². The van der Waals surface area contributed by atoms with E-state index in [0.717, 1.165) is 17.7 Å². The van der Waals surface area contributed by atoms with E-state index in [1.165, 1.54) is 10.4 Å². The summed E-state index contributed by atoms with van der Waals surface area (Å²) in [7, 11) is 0. The summed E-state index contributed by atoms with van der Waals surface area (Å²) in [5, 5.41) is 11.4. The Morgan fingerprint density at radius 3 is 2.94 bits per heavy atom. The van der Waals surface area contributed by atoms with E-state index in [2.05, 4.69) is 19.2 Å². The SMILES string of the molecule is CCCc1cc(C(=O)NCCCO)sc1C. The van der Waals surface area contributed by atoms with E-state index in [1.54, 1.807) is 11.3 Å². The summed E-state index contributed by atoms with van der Waals surface area (Å²) in [6.07, 6.45) is 2.74. The first-order chi connectivity index (χ1) is 7.69. The molecule has 0 aromatic carbocycles. The topological polar surface area (TPSA) is 49.3 Å². The molecule has 0 bridgehead atoms. The second kappa shape index (κ2) is 6.66. The van der Waals surface area contributed by atoms with Crippen LogP contribution < -0.4 is 5.32 Å². The third-order valence-electron chi connectivity index (χ3n) is 2.38. The Morgan fingerprint density at radius 2 is 2.31 bits per heavy atom. The number of aliphatic hydroxyl groups is 1. The molecule has 2 N–H and O–H groups in total. The highest BCUT2D eigenvalue weighted by atomic mass is 32.1. The van der Waals surface area contributed by atoms with E-state index in [0.29, 0.717) is 13.0 Å². The van der Waals surface area contributed by atoms with Gasteiger partial charge >= 0.3 is 0 Å². The van der Waals surface area contributed by atoms with Crippen molar-refractivity contribution in [3.8, 4) is 0 Å². The van der Waals surface area contributed by atoms with Gasteiger partial charge in [-0.2, -0.15) is 0 Å². The van der Waals surface area contributed by atoms with Crippen LogP contribution in [-0.2, 0) is 6.42 Å². The number of hydrogen-bond donors (Lipinski definition) is 2. The minimum absolute atomic E-state index is 0.0242. The highest BCUT2D eigenvalue weighted by Crippen LogP contribution is 2.22. The van der Waals surface area contributed by atoms with Crippen LogP contribution in [0.15, 0.2) is 6.07 Å². The molecule has 0 spiro atoms. The third-order valence-corrected chi connectivity index (χ3v) is 3.48. The molecule has 0 radical (unpaired) electrons. The lowest BCUT2D eigenvalue weighted by molar-refractivity contribution is 0.0955. The lowest BCUT2D eigenvalue weighted by atomic mass is 10.1. The van der Waals surface area contributed by atoms with Crippen LogP contribution in [0.1, 0.15) is 39.9 Å². The zero-order chi connectivity index (χ0) is 12.0. The molecular weight excluding hydrogens is 222 g/mol. The minimum Gasteiger partial charge on any atom is -0.396 e. The average molecular weight is 241 g/mol. The summed E-state index contributed by atoms with van der Waals surface area (Å²) in [6, 6.07) is 1.98. The Labute approximate surface area is 100 Å². The fourth-order valence-corrected chi connectivity index (χ4v) is 2.51. The number of nitrogens with one attached hydrogen (secondary N) is 1. The minimum atomic E-state index is -0.0242. The smallest absolute Gasteiger partial charge is 0.261 e. The molecule has 1 amide bonds. The standard InChI is InChI=1S/C12H19NO2S/c1-3-5-10-8-11(16-9(10)2)12(15)13-6-4-7-14/h8,14H,3-7H2,1-2H3,(H,13,15). The van der Waals surface area contributed by atoms with E-state index in [9.17, 15) is 4.79 Å². The Hall–Kier alpha value is -0.870. The van der Waals surface area contributed by atoms with Crippen LogP contribution in [0.4, 0.5) is 0 Å². The Bertz CT molecular complexity index is 347. The zero-order valence-corrected chi connectivity index (χ0v) is 10.7. The van der Waals surface area contributed by atoms with Crippen LogP contribution in [0.2, 0.25) is 0 Å². The molecule has 0 atom stereocenters. The van der Waals surface area contributed by atoms with Gasteiger partial charge in [-0.05, 0) is 31.4 Å². The third kappa shape index (κ3) is 3.61. The van der Waals surface area contributed by atoms with Crippen molar-refractivity contribution in [2.45, 2.75) is 33.1 Å². The van der Waals surface area contributed by atoms with Gasteiger partial charge < -0.3 is 10.4 Å². The number of carbonyl (C=O) groups is 1. The number of rotatable bonds is 6. The molecule has 1 aromatic heterocycles. The van der Waals surface area contributed by atoms with Gasteiger partial charge in [-0.1, -0.05) is 13.3 Å². The van der Waals surface area contributed by atoms with Crippen molar-refractivity contribution in [2.24, 2.45) is 0 Å². The maximum atomic E-state index is 11.7. The quantitative estimate of drug-likeness (QED) is 0.750. The highest BCUT2D eigenvalue weighted by molar-refractivity contribution is 7.14. The zero-order valence-electron chi connectivity index (χ0n) is 9.88. The normalized spacial score (nSPS) is 10.4. The number of thiophene rings is 1. The molecule has 16 heavy (non-hydrogen) atoms. The first-order valence-corrected chi connectivity index (χ1v) is 6.49. The predicted molar refractivity (Wildman–Crippen MR) is 67.1 cm³/mol. The molecular formula is C12H19NO2S. The second-order valence-electron chi connectivity index (χ2n) is 3.78. The average Bonchev–Trinajstić information content (AvgIpc) is 2.61. The largest absolute Gasteiger partial charge is 0.396 e. The van der Waals surface area contributed by atoms with E-state index in [1.807, 2.05) is 6.07 Å². The molecule has 0 saturated heterocycles.